The molecule has 5 unspecified atom stereocenters. The van der Waals surface area contributed by atoms with Gasteiger partial charge in [0, 0.05) is 11.8 Å². The van der Waals surface area contributed by atoms with E-state index in [0.29, 0.717) is 23.7 Å². The summed E-state index contributed by atoms with van der Waals surface area (Å²) in [6, 6.07) is 0. The van der Waals surface area contributed by atoms with Gasteiger partial charge in [0.05, 0.1) is 5.60 Å². The van der Waals surface area contributed by atoms with Gasteiger partial charge in [-0.15, -0.1) is 5.73 Å². The largest absolute Gasteiger partial charge is 0.389 e. The molecule has 0 aromatic rings. The van der Waals surface area contributed by atoms with Gasteiger partial charge in [0.15, 0.2) is 0 Å². The van der Waals surface area contributed by atoms with Crippen molar-refractivity contribution >= 4 is 0 Å². The third kappa shape index (κ3) is 0.885. The van der Waals surface area contributed by atoms with Crippen molar-refractivity contribution in [2.75, 3.05) is 0 Å². The molecule has 4 aliphatic carbocycles. The second-order valence-electron chi connectivity index (χ2n) is 6.06. The highest BCUT2D eigenvalue weighted by molar-refractivity contribution is 5.44. The highest BCUT2D eigenvalue weighted by Gasteiger charge is 2.60. The summed E-state index contributed by atoms with van der Waals surface area (Å²) in [4.78, 5) is 0. The lowest BCUT2D eigenvalue weighted by Gasteiger charge is -2.41. The quantitative estimate of drug-likeness (QED) is 0.553. The highest BCUT2D eigenvalue weighted by Crippen LogP contribution is 2.64. The molecule has 84 valence electrons. The molecule has 0 amide bonds. The van der Waals surface area contributed by atoms with Crippen LogP contribution in [0.5, 0.6) is 0 Å². The zero-order valence-corrected chi connectivity index (χ0v) is 9.74. The van der Waals surface area contributed by atoms with Crippen LogP contribution in [0.4, 0.5) is 0 Å². The molecule has 1 fully saturated rings. The SMILES string of the molecule is CCCC1(O)CC2=CC1C1C3C=C=C(C3)C21. The van der Waals surface area contributed by atoms with Crippen molar-refractivity contribution in [2.24, 2.45) is 23.7 Å². The Morgan fingerprint density at radius 1 is 1.56 bits per heavy atom. The van der Waals surface area contributed by atoms with Crippen molar-refractivity contribution in [3.63, 3.8) is 0 Å². The fraction of sp³-hybridized carbons (Fsp3) is 0.667. The Bertz CT molecular complexity index is 452. The van der Waals surface area contributed by atoms with Crippen LogP contribution in [0.3, 0.4) is 0 Å². The van der Waals surface area contributed by atoms with Crippen LogP contribution in [-0.4, -0.2) is 10.7 Å². The minimum absolute atomic E-state index is 0.399. The molecule has 0 spiro atoms. The number of rotatable bonds is 2. The summed E-state index contributed by atoms with van der Waals surface area (Å²) in [7, 11) is 0. The zero-order valence-electron chi connectivity index (χ0n) is 9.74. The fourth-order valence-corrected chi connectivity index (χ4v) is 4.76. The Morgan fingerprint density at radius 3 is 3.25 bits per heavy atom. The molecule has 0 aromatic heterocycles. The van der Waals surface area contributed by atoms with E-state index in [-0.39, 0.29) is 0 Å². The van der Waals surface area contributed by atoms with Crippen LogP contribution >= 0.6 is 0 Å². The van der Waals surface area contributed by atoms with Gasteiger partial charge in [0.2, 0.25) is 0 Å². The summed E-state index contributed by atoms with van der Waals surface area (Å²) < 4.78 is 0. The second-order valence-corrected chi connectivity index (χ2v) is 6.06. The third-order valence-corrected chi connectivity index (χ3v) is 5.21. The highest BCUT2D eigenvalue weighted by atomic mass is 16.3. The smallest absolute Gasteiger partial charge is 0.0750 e. The average molecular weight is 214 g/mol. The van der Waals surface area contributed by atoms with E-state index in [1.54, 1.807) is 0 Å². The lowest BCUT2D eigenvalue weighted by molar-refractivity contribution is -0.0397. The van der Waals surface area contributed by atoms with E-state index in [1.807, 2.05) is 0 Å². The molecule has 16 heavy (non-hydrogen) atoms. The summed E-state index contributed by atoms with van der Waals surface area (Å²) in [6.07, 6.45) is 8.89. The molecule has 1 saturated carbocycles. The maximum absolute atomic E-state index is 10.8. The number of hydrogen-bond donors (Lipinski definition) is 1. The Morgan fingerprint density at radius 2 is 2.44 bits per heavy atom. The zero-order chi connectivity index (χ0) is 10.9. The molecule has 1 nitrogen and oxygen atoms in total. The molecule has 0 aromatic carbocycles. The minimum atomic E-state index is -0.399. The Labute approximate surface area is 96.6 Å². The summed E-state index contributed by atoms with van der Waals surface area (Å²) in [5.74, 6) is 2.49. The first-order chi connectivity index (χ1) is 7.73. The molecule has 4 rings (SSSR count). The fourth-order valence-electron chi connectivity index (χ4n) is 4.76. The van der Waals surface area contributed by atoms with Gasteiger partial charge in [-0.2, -0.15) is 0 Å². The third-order valence-electron chi connectivity index (χ3n) is 5.21. The van der Waals surface area contributed by atoms with Crippen molar-refractivity contribution in [1.82, 2.24) is 0 Å². The summed E-state index contributed by atoms with van der Waals surface area (Å²) in [5.41, 5.74) is 6.10. The van der Waals surface area contributed by atoms with Crippen LogP contribution in [0, 0.1) is 23.7 Å². The van der Waals surface area contributed by atoms with Crippen LogP contribution in [0.15, 0.2) is 29.0 Å². The van der Waals surface area contributed by atoms with Gasteiger partial charge in [0.25, 0.3) is 0 Å². The van der Waals surface area contributed by atoms with Crippen LogP contribution in [-0.2, 0) is 0 Å². The number of fused-ring (bicyclic) bond motifs is 8. The van der Waals surface area contributed by atoms with Crippen LogP contribution < -0.4 is 0 Å². The van der Waals surface area contributed by atoms with Crippen molar-refractivity contribution in [2.45, 2.75) is 38.2 Å². The van der Waals surface area contributed by atoms with Crippen molar-refractivity contribution < 1.29 is 5.11 Å². The molecule has 1 heteroatoms. The molecule has 0 saturated heterocycles. The Balaban J connectivity index is 1.72. The molecule has 0 radical (unpaired) electrons. The van der Waals surface area contributed by atoms with Crippen molar-refractivity contribution in [3.05, 3.63) is 29.0 Å². The van der Waals surface area contributed by atoms with E-state index in [4.69, 9.17) is 0 Å². The van der Waals surface area contributed by atoms with Gasteiger partial charge in [-0.05, 0) is 42.7 Å². The van der Waals surface area contributed by atoms with Crippen LogP contribution in [0.1, 0.15) is 32.6 Å². The average Bonchev–Trinajstić information content (AvgIpc) is 2.91. The lowest BCUT2D eigenvalue weighted by Crippen LogP contribution is -2.43. The molecule has 4 aliphatic rings. The van der Waals surface area contributed by atoms with Gasteiger partial charge in [-0.3, -0.25) is 0 Å². The van der Waals surface area contributed by atoms with E-state index in [2.05, 4.69) is 24.8 Å². The monoisotopic (exact) mass is 214 g/mol. The predicted octanol–water partition coefficient (Wildman–Crippen LogP) is 2.82. The Kier molecular flexibility index (Phi) is 1.58. The first kappa shape index (κ1) is 9.27. The standard InChI is InChI=1S/C15H18O/c1-2-5-15(16)8-11-7-12(15)14-10-4-3-9(6-10)13(11)14/h4,7,10,12-14,16H,2,5-6,8H2,1H3. The van der Waals surface area contributed by atoms with E-state index >= 15 is 0 Å². The van der Waals surface area contributed by atoms with Gasteiger partial charge in [0.1, 0.15) is 0 Å². The van der Waals surface area contributed by atoms with E-state index < -0.39 is 5.60 Å². The van der Waals surface area contributed by atoms with Gasteiger partial charge < -0.3 is 5.11 Å². The van der Waals surface area contributed by atoms with Crippen LogP contribution in [0.2, 0.25) is 0 Å². The molecule has 4 bridgehead atoms. The first-order valence-corrected chi connectivity index (χ1v) is 6.61. The Hall–Kier alpha value is -0.780. The topological polar surface area (TPSA) is 20.2 Å². The van der Waals surface area contributed by atoms with E-state index in [0.717, 1.165) is 19.3 Å². The summed E-state index contributed by atoms with van der Waals surface area (Å²) in [6.45, 7) is 2.18. The number of hydrogen-bond acceptors (Lipinski definition) is 1. The molecular formula is C15H18O. The maximum Gasteiger partial charge on any atom is 0.0750 e. The minimum Gasteiger partial charge on any atom is -0.389 e. The van der Waals surface area contributed by atoms with Gasteiger partial charge in [-0.1, -0.05) is 25.0 Å². The summed E-state index contributed by atoms with van der Waals surface area (Å²) in [5, 5.41) is 10.8. The number of allylic oxidation sites excluding steroid dienone is 1. The van der Waals surface area contributed by atoms with Crippen molar-refractivity contribution in [3.8, 4) is 0 Å². The van der Waals surface area contributed by atoms with E-state index in [1.165, 1.54) is 17.6 Å². The molecule has 0 aliphatic heterocycles. The van der Waals surface area contributed by atoms with Crippen molar-refractivity contribution in [1.29, 1.82) is 0 Å². The number of aliphatic hydroxyl groups is 1. The summed E-state index contributed by atoms with van der Waals surface area (Å²) >= 11 is 0. The normalized spacial score (nSPS) is 50.9. The molecule has 0 heterocycles. The molecule has 5 atom stereocenters. The molecule has 1 N–H and O–H groups in total. The predicted molar refractivity (Wildman–Crippen MR) is 62.7 cm³/mol. The van der Waals surface area contributed by atoms with E-state index in [9.17, 15) is 5.11 Å². The van der Waals surface area contributed by atoms with Gasteiger partial charge in [-0.25, -0.2) is 0 Å². The maximum atomic E-state index is 10.8. The van der Waals surface area contributed by atoms with Gasteiger partial charge >= 0.3 is 0 Å². The lowest BCUT2D eigenvalue weighted by atomic mass is 9.66. The molecular weight excluding hydrogens is 196 g/mol. The first-order valence-electron chi connectivity index (χ1n) is 6.61. The second kappa shape index (κ2) is 2.72. The van der Waals surface area contributed by atoms with Crippen LogP contribution in [0.25, 0.3) is 0 Å².